The van der Waals surface area contributed by atoms with Crippen molar-refractivity contribution in [2.75, 3.05) is 11.9 Å². The predicted octanol–water partition coefficient (Wildman–Crippen LogP) is 2.52. The zero-order valence-electron chi connectivity index (χ0n) is 12.3. The van der Waals surface area contributed by atoms with E-state index in [-0.39, 0.29) is 5.91 Å². The van der Waals surface area contributed by atoms with Crippen molar-refractivity contribution in [3.05, 3.63) is 29.3 Å². The van der Waals surface area contributed by atoms with Gasteiger partial charge in [-0.1, -0.05) is 25.8 Å². The van der Waals surface area contributed by atoms with Crippen molar-refractivity contribution in [3.8, 4) is 11.8 Å². The lowest BCUT2D eigenvalue weighted by atomic mass is 9.99. The van der Waals surface area contributed by atoms with E-state index in [0.29, 0.717) is 23.7 Å². The molecule has 0 unspecified atom stereocenters. The molecule has 0 aromatic heterocycles. The highest BCUT2D eigenvalue weighted by molar-refractivity contribution is 6.08. The van der Waals surface area contributed by atoms with E-state index in [1.165, 1.54) is 0 Å². The molecule has 0 heterocycles. The lowest BCUT2D eigenvalue weighted by Crippen LogP contribution is -2.24. The van der Waals surface area contributed by atoms with Crippen LogP contribution in [0.2, 0.25) is 0 Å². The van der Waals surface area contributed by atoms with Crippen LogP contribution in [0.5, 0.6) is 0 Å². The zero-order chi connectivity index (χ0) is 15.1. The van der Waals surface area contributed by atoms with E-state index in [4.69, 9.17) is 0 Å². The summed E-state index contributed by atoms with van der Waals surface area (Å²) >= 11 is 0. The Balaban J connectivity index is 3.18. The van der Waals surface area contributed by atoms with Crippen molar-refractivity contribution in [1.82, 2.24) is 5.32 Å². The molecule has 0 saturated carbocycles. The first kappa shape index (κ1) is 15.8. The summed E-state index contributed by atoms with van der Waals surface area (Å²) in [4.78, 5) is 23.6. The molecule has 0 saturated heterocycles. The van der Waals surface area contributed by atoms with Gasteiger partial charge in [-0.2, -0.15) is 0 Å². The normalized spacial score (nSPS) is 9.65. The molecule has 106 valence electrons. The molecule has 0 aliphatic rings. The van der Waals surface area contributed by atoms with Gasteiger partial charge in [0.15, 0.2) is 0 Å². The second-order valence-electron chi connectivity index (χ2n) is 4.65. The Labute approximate surface area is 120 Å². The topological polar surface area (TPSA) is 58.2 Å². The number of nitrogens with one attached hydrogen (secondary N) is 2. The first-order valence-corrected chi connectivity index (χ1v) is 6.65. The molecule has 0 spiro atoms. The van der Waals surface area contributed by atoms with E-state index < -0.39 is 5.91 Å². The number of carbonyl (C=O) groups is 2. The van der Waals surface area contributed by atoms with Crippen molar-refractivity contribution < 1.29 is 9.59 Å². The Hall–Kier alpha value is -2.28. The summed E-state index contributed by atoms with van der Waals surface area (Å²) in [5.41, 5.74) is 2.00. The van der Waals surface area contributed by atoms with Gasteiger partial charge in [-0.15, -0.1) is 0 Å². The Morgan fingerprint density at radius 2 is 2.00 bits per heavy atom. The molecule has 4 heteroatoms. The van der Waals surface area contributed by atoms with Gasteiger partial charge in [0.05, 0.1) is 11.3 Å². The molecule has 0 aliphatic carbocycles. The summed E-state index contributed by atoms with van der Waals surface area (Å²) in [7, 11) is 0. The maximum absolute atomic E-state index is 12.0. The van der Waals surface area contributed by atoms with Crippen molar-refractivity contribution in [1.29, 1.82) is 0 Å². The largest absolute Gasteiger partial charge is 0.352 e. The quantitative estimate of drug-likeness (QED) is 0.827. The van der Waals surface area contributed by atoms with Gasteiger partial charge in [0, 0.05) is 6.54 Å². The third-order valence-corrected chi connectivity index (χ3v) is 2.78. The lowest BCUT2D eigenvalue weighted by Gasteiger charge is -2.13. The second-order valence-corrected chi connectivity index (χ2v) is 4.65. The fraction of sp³-hybridized carbons (Fsp3) is 0.375. The summed E-state index contributed by atoms with van der Waals surface area (Å²) < 4.78 is 0. The zero-order valence-corrected chi connectivity index (χ0v) is 12.3. The van der Waals surface area contributed by atoms with Crippen LogP contribution in [-0.4, -0.2) is 18.4 Å². The van der Waals surface area contributed by atoms with Crippen LogP contribution in [0.4, 0.5) is 5.69 Å². The Kier molecular flexibility index (Phi) is 5.79. The third-order valence-electron chi connectivity index (χ3n) is 2.78. The summed E-state index contributed by atoms with van der Waals surface area (Å²) in [6.45, 7) is 8.08. The molecule has 0 radical (unpaired) electrons. The fourth-order valence-electron chi connectivity index (χ4n) is 1.75. The molecule has 4 nitrogen and oxygen atoms in total. The SMILES string of the molecule is CC#CC(=O)Nc1cc(C(C)C)ccc1C(=O)NCC. The van der Waals surface area contributed by atoms with Crippen molar-refractivity contribution in [2.45, 2.75) is 33.6 Å². The van der Waals surface area contributed by atoms with Crippen LogP contribution in [0.1, 0.15) is 49.5 Å². The highest BCUT2D eigenvalue weighted by Gasteiger charge is 2.14. The molecule has 2 amide bonds. The number of amides is 2. The summed E-state index contributed by atoms with van der Waals surface area (Å²) in [6.07, 6.45) is 0. The van der Waals surface area contributed by atoms with Gasteiger partial charge in [-0.3, -0.25) is 9.59 Å². The van der Waals surface area contributed by atoms with Gasteiger partial charge >= 0.3 is 0 Å². The maximum Gasteiger partial charge on any atom is 0.300 e. The number of anilines is 1. The highest BCUT2D eigenvalue weighted by Crippen LogP contribution is 2.23. The van der Waals surface area contributed by atoms with Crippen LogP contribution >= 0.6 is 0 Å². The minimum atomic E-state index is -0.418. The molecule has 0 fully saturated rings. The molecular formula is C16H20N2O2. The Morgan fingerprint density at radius 3 is 2.55 bits per heavy atom. The van der Waals surface area contributed by atoms with Gasteiger partial charge < -0.3 is 10.6 Å². The second kappa shape index (κ2) is 7.34. The van der Waals surface area contributed by atoms with E-state index in [0.717, 1.165) is 5.56 Å². The molecule has 0 bridgehead atoms. The molecular weight excluding hydrogens is 252 g/mol. The van der Waals surface area contributed by atoms with E-state index in [1.54, 1.807) is 13.0 Å². The van der Waals surface area contributed by atoms with Gasteiger partial charge in [-0.05, 0) is 43.4 Å². The Bertz CT molecular complexity index is 566. The number of hydrogen-bond donors (Lipinski definition) is 2. The van der Waals surface area contributed by atoms with Gasteiger partial charge in [0.1, 0.15) is 0 Å². The van der Waals surface area contributed by atoms with E-state index in [2.05, 4.69) is 36.3 Å². The molecule has 1 aromatic carbocycles. The molecule has 1 aromatic rings. The van der Waals surface area contributed by atoms with Crippen molar-refractivity contribution in [2.24, 2.45) is 0 Å². The first-order valence-electron chi connectivity index (χ1n) is 6.65. The first-order chi connectivity index (χ1) is 9.49. The third kappa shape index (κ3) is 4.13. The monoisotopic (exact) mass is 272 g/mol. The van der Waals surface area contributed by atoms with E-state index >= 15 is 0 Å². The lowest BCUT2D eigenvalue weighted by molar-refractivity contribution is -0.111. The highest BCUT2D eigenvalue weighted by atomic mass is 16.2. The van der Waals surface area contributed by atoms with Crippen LogP contribution in [-0.2, 0) is 4.79 Å². The van der Waals surface area contributed by atoms with Crippen LogP contribution in [0, 0.1) is 11.8 Å². The number of carbonyl (C=O) groups excluding carboxylic acids is 2. The smallest absolute Gasteiger partial charge is 0.300 e. The molecule has 1 rings (SSSR count). The maximum atomic E-state index is 12.0. The van der Waals surface area contributed by atoms with Gasteiger partial charge in [-0.25, -0.2) is 0 Å². The van der Waals surface area contributed by atoms with Crippen LogP contribution in [0.15, 0.2) is 18.2 Å². The molecule has 0 aliphatic heterocycles. The summed E-state index contributed by atoms with van der Waals surface area (Å²) in [5, 5.41) is 5.40. The molecule has 2 N–H and O–H groups in total. The van der Waals surface area contributed by atoms with Crippen LogP contribution in [0.3, 0.4) is 0 Å². The fourth-order valence-corrected chi connectivity index (χ4v) is 1.75. The van der Waals surface area contributed by atoms with Crippen LogP contribution < -0.4 is 10.6 Å². The van der Waals surface area contributed by atoms with Gasteiger partial charge in [0.25, 0.3) is 11.8 Å². The minimum absolute atomic E-state index is 0.206. The Morgan fingerprint density at radius 1 is 1.30 bits per heavy atom. The number of rotatable bonds is 4. The standard InChI is InChI=1S/C16H20N2O2/c1-5-7-15(19)18-14-10-12(11(3)4)8-9-13(14)16(20)17-6-2/h8-11H,6H2,1-4H3,(H,17,20)(H,18,19). The van der Waals surface area contributed by atoms with Crippen molar-refractivity contribution >= 4 is 17.5 Å². The molecule has 20 heavy (non-hydrogen) atoms. The average Bonchev–Trinajstić information content (AvgIpc) is 2.39. The molecule has 0 atom stereocenters. The summed E-state index contributed by atoms with van der Waals surface area (Å²) in [5.74, 6) is 4.63. The number of benzene rings is 1. The van der Waals surface area contributed by atoms with Crippen molar-refractivity contribution in [3.63, 3.8) is 0 Å². The van der Waals surface area contributed by atoms with E-state index in [9.17, 15) is 9.59 Å². The van der Waals surface area contributed by atoms with Crippen LogP contribution in [0.25, 0.3) is 0 Å². The predicted molar refractivity (Wildman–Crippen MR) is 80.6 cm³/mol. The number of hydrogen-bond acceptors (Lipinski definition) is 2. The summed E-state index contributed by atoms with van der Waals surface area (Å²) in [6, 6.07) is 5.45. The minimum Gasteiger partial charge on any atom is -0.352 e. The average molecular weight is 272 g/mol. The van der Waals surface area contributed by atoms with Gasteiger partial charge in [0.2, 0.25) is 0 Å². The van der Waals surface area contributed by atoms with E-state index in [1.807, 2.05) is 19.1 Å².